The molecule has 2 N–H and O–H groups in total. The summed E-state index contributed by atoms with van der Waals surface area (Å²) in [7, 11) is 0. The number of allylic oxidation sites excluding steroid dienone is 1. The van der Waals surface area contributed by atoms with E-state index in [1.165, 1.54) is 12.1 Å². The second-order valence-corrected chi connectivity index (χ2v) is 3.64. The van der Waals surface area contributed by atoms with Gasteiger partial charge in [-0.2, -0.15) is 0 Å². The van der Waals surface area contributed by atoms with E-state index in [4.69, 9.17) is 0 Å². The van der Waals surface area contributed by atoms with Crippen LogP contribution >= 0.6 is 0 Å². The number of fused-ring (bicyclic) bond motifs is 1. The van der Waals surface area contributed by atoms with E-state index in [1.807, 2.05) is 19.1 Å². The minimum atomic E-state index is 0.172. The van der Waals surface area contributed by atoms with Crippen LogP contribution in [0.5, 0.6) is 11.5 Å². The van der Waals surface area contributed by atoms with Crippen molar-refractivity contribution < 1.29 is 10.2 Å². The number of rotatable bonds is 1. The van der Waals surface area contributed by atoms with Crippen LogP contribution in [0.1, 0.15) is 12.5 Å². The monoisotopic (exact) mass is 200 g/mol. The first-order valence-corrected chi connectivity index (χ1v) is 4.70. The first-order chi connectivity index (χ1) is 7.09. The van der Waals surface area contributed by atoms with Crippen LogP contribution in [0.15, 0.2) is 36.9 Å². The van der Waals surface area contributed by atoms with Crippen molar-refractivity contribution in [2.24, 2.45) is 0 Å². The highest BCUT2D eigenvalue weighted by Crippen LogP contribution is 2.33. The standard InChI is InChI=1S/C13H12O2/c1-8(2)9-3-4-10-11(7-9)13(15)6-5-12(10)14/h3-7,14-15H,1H2,2H3. The zero-order chi connectivity index (χ0) is 11.0. The predicted molar refractivity (Wildman–Crippen MR) is 62.0 cm³/mol. The van der Waals surface area contributed by atoms with E-state index in [-0.39, 0.29) is 11.5 Å². The molecule has 0 heterocycles. The van der Waals surface area contributed by atoms with Gasteiger partial charge in [-0.15, -0.1) is 0 Å². The van der Waals surface area contributed by atoms with Crippen molar-refractivity contribution in [3.8, 4) is 11.5 Å². The molecule has 76 valence electrons. The largest absolute Gasteiger partial charge is 0.507 e. The van der Waals surface area contributed by atoms with E-state index in [0.717, 1.165) is 11.1 Å². The molecule has 2 heteroatoms. The third-order valence-corrected chi connectivity index (χ3v) is 2.46. The van der Waals surface area contributed by atoms with Crippen LogP contribution in [0, 0.1) is 0 Å². The van der Waals surface area contributed by atoms with Crippen molar-refractivity contribution in [3.63, 3.8) is 0 Å². The molecule has 0 spiro atoms. The van der Waals surface area contributed by atoms with E-state index in [2.05, 4.69) is 6.58 Å². The van der Waals surface area contributed by atoms with Crippen molar-refractivity contribution in [1.29, 1.82) is 0 Å². The number of phenols is 2. The van der Waals surface area contributed by atoms with Gasteiger partial charge in [0.25, 0.3) is 0 Å². The predicted octanol–water partition coefficient (Wildman–Crippen LogP) is 3.28. The highest BCUT2D eigenvalue weighted by Gasteiger charge is 2.05. The van der Waals surface area contributed by atoms with E-state index >= 15 is 0 Å². The van der Waals surface area contributed by atoms with Crippen molar-refractivity contribution in [2.75, 3.05) is 0 Å². The van der Waals surface area contributed by atoms with Crippen LogP contribution in [0.3, 0.4) is 0 Å². The molecule has 2 aromatic rings. The maximum absolute atomic E-state index is 9.66. The van der Waals surface area contributed by atoms with Crippen LogP contribution in [-0.4, -0.2) is 10.2 Å². The summed E-state index contributed by atoms with van der Waals surface area (Å²) in [6, 6.07) is 8.46. The SMILES string of the molecule is C=C(C)c1ccc2c(O)ccc(O)c2c1. The van der Waals surface area contributed by atoms with E-state index in [1.54, 1.807) is 6.07 Å². The Kier molecular flexibility index (Phi) is 2.12. The molecule has 15 heavy (non-hydrogen) atoms. The quantitative estimate of drug-likeness (QED) is 0.693. The van der Waals surface area contributed by atoms with Gasteiger partial charge in [-0.3, -0.25) is 0 Å². The third kappa shape index (κ3) is 1.54. The van der Waals surface area contributed by atoms with Gasteiger partial charge in [0.1, 0.15) is 11.5 Å². The van der Waals surface area contributed by atoms with Gasteiger partial charge in [0, 0.05) is 10.8 Å². The van der Waals surface area contributed by atoms with Crippen molar-refractivity contribution in [1.82, 2.24) is 0 Å². The summed E-state index contributed by atoms with van der Waals surface area (Å²) in [5, 5.41) is 20.6. The molecule has 0 aliphatic rings. The van der Waals surface area contributed by atoms with E-state index in [0.29, 0.717) is 10.8 Å². The summed E-state index contributed by atoms with van der Waals surface area (Å²) >= 11 is 0. The molecule has 0 saturated carbocycles. The molecule has 0 fully saturated rings. The van der Waals surface area contributed by atoms with E-state index in [9.17, 15) is 10.2 Å². The van der Waals surface area contributed by atoms with Gasteiger partial charge < -0.3 is 10.2 Å². The maximum atomic E-state index is 9.66. The van der Waals surface area contributed by atoms with Gasteiger partial charge in [0.15, 0.2) is 0 Å². The Hall–Kier alpha value is -1.96. The number of hydrogen-bond acceptors (Lipinski definition) is 2. The molecule has 0 aliphatic heterocycles. The highest BCUT2D eigenvalue weighted by atomic mass is 16.3. The van der Waals surface area contributed by atoms with Gasteiger partial charge in [0.05, 0.1) is 0 Å². The fraction of sp³-hybridized carbons (Fsp3) is 0.0769. The van der Waals surface area contributed by atoms with Crippen molar-refractivity contribution in [3.05, 3.63) is 42.5 Å². The lowest BCUT2D eigenvalue weighted by molar-refractivity contribution is 0.469. The smallest absolute Gasteiger partial charge is 0.123 e. The van der Waals surface area contributed by atoms with Crippen LogP contribution in [-0.2, 0) is 0 Å². The molecule has 0 bridgehead atoms. The minimum Gasteiger partial charge on any atom is -0.507 e. The first-order valence-electron chi connectivity index (χ1n) is 4.70. The Bertz CT molecular complexity index is 541. The molecule has 0 radical (unpaired) electrons. The molecule has 0 unspecified atom stereocenters. The molecule has 0 aromatic heterocycles. The lowest BCUT2D eigenvalue weighted by atomic mass is 10.0. The van der Waals surface area contributed by atoms with Crippen LogP contribution in [0.25, 0.3) is 16.3 Å². The van der Waals surface area contributed by atoms with Gasteiger partial charge in [-0.1, -0.05) is 18.2 Å². The van der Waals surface area contributed by atoms with Gasteiger partial charge in [-0.25, -0.2) is 0 Å². The van der Waals surface area contributed by atoms with Crippen LogP contribution in [0.2, 0.25) is 0 Å². The minimum absolute atomic E-state index is 0.172. The summed E-state index contributed by atoms with van der Waals surface area (Å²) in [6.45, 7) is 5.74. The zero-order valence-corrected chi connectivity index (χ0v) is 8.49. The molecule has 0 saturated heterocycles. The fourth-order valence-electron chi connectivity index (χ4n) is 1.58. The second kappa shape index (κ2) is 3.31. The molecule has 0 amide bonds. The first kappa shape index (κ1) is 9.59. The Morgan fingerprint density at radius 3 is 2.20 bits per heavy atom. The average Bonchev–Trinajstić information content (AvgIpc) is 2.23. The molecule has 2 aromatic carbocycles. The van der Waals surface area contributed by atoms with Gasteiger partial charge >= 0.3 is 0 Å². The summed E-state index contributed by atoms with van der Waals surface area (Å²) in [5.41, 5.74) is 1.89. The van der Waals surface area contributed by atoms with E-state index < -0.39 is 0 Å². The number of hydrogen-bond donors (Lipinski definition) is 2. The van der Waals surface area contributed by atoms with Crippen molar-refractivity contribution in [2.45, 2.75) is 6.92 Å². The number of aromatic hydroxyl groups is 2. The summed E-state index contributed by atoms with van der Waals surface area (Å²) in [5.74, 6) is 0.349. The number of phenolic OH excluding ortho intramolecular Hbond substituents is 2. The van der Waals surface area contributed by atoms with Gasteiger partial charge in [0.2, 0.25) is 0 Å². The third-order valence-electron chi connectivity index (χ3n) is 2.46. The molecule has 0 aliphatic carbocycles. The Morgan fingerprint density at radius 1 is 1.00 bits per heavy atom. The molecule has 0 atom stereocenters. The van der Waals surface area contributed by atoms with Crippen LogP contribution < -0.4 is 0 Å². The Morgan fingerprint density at radius 2 is 1.60 bits per heavy atom. The topological polar surface area (TPSA) is 40.5 Å². The summed E-state index contributed by atoms with van der Waals surface area (Å²) in [4.78, 5) is 0. The normalized spacial score (nSPS) is 10.5. The molecular formula is C13H12O2. The van der Waals surface area contributed by atoms with Crippen LogP contribution in [0.4, 0.5) is 0 Å². The summed E-state index contributed by atoms with van der Waals surface area (Å²) < 4.78 is 0. The number of benzene rings is 2. The molecule has 2 nitrogen and oxygen atoms in total. The van der Waals surface area contributed by atoms with Gasteiger partial charge in [-0.05, 0) is 36.8 Å². The molecular weight excluding hydrogens is 188 g/mol. The fourth-order valence-corrected chi connectivity index (χ4v) is 1.58. The summed E-state index contributed by atoms with van der Waals surface area (Å²) in [6.07, 6.45) is 0. The lowest BCUT2D eigenvalue weighted by Crippen LogP contribution is -1.80. The second-order valence-electron chi connectivity index (χ2n) is 3.64. The van der Waals surface area contributed by atoms with Crippen molar-refractivity contribution >= 4 is 16.3 Å². The highest BCUT2D eigenvalue weighted by molar-refractivity contribution is 5.94. The average molecular weight is 200 g/mol. The molecule has 2 rings (SSSR count). The maximum Gasteiger partial charge on any atom is 0.123 e. The zero-order valence-electron chi connectivity index (χ0n) is 8.49. The Balaban J connectivity index is 2.81. The lowest BCUT2D eigenvalue weighted by Gasteiger charge is -2.06. The Labute approximate surface area is 88.1 Å².